The summed E-state index contributed by atoms with van der Waals surface area (Å²) in [5, 5.41) is 8.54. The molecule has 2 N–H and O–H groups in total. The average molecular weight is 453 g/mol. The highest BCUT2D eigenvalue weighted by molar-refractivity contribution is 7.90. The molecule has 0 unspecified atom stereocenters. The summed E-state index contributed by atoms with van der Waals surface area (Å²) in [6.45, 7) is 0. The molecule has 10 nitrogen and oxygen atoms in total. The number of carbonyl (C=O) groups is 1. The van der Waals surface area contributed by atoms with Crippen LogP contribution >= 0.6 is 0 Å². The second-order valence-corrected chi connectivity index (χ2v) is 8.42. The summed E-state index contributed by atoms with van der Waals surface area (Å²) in [7, 11) is -5.70. The van der Waals surface area contributed by atoms with Crippen LogP contribution in [-0.4, -0.2) is 44.0 Å². The van der Waals surface area contributed by atoms with Gasteiger partial charge in [0, 0.05) is 23.9 Å². The first-order chi connectivity index (χ1) is 14.6. The number of hydrogen-bond donors (Lipinski definition) is 2. The Morgan fingerprint density at radius 3 is 2.48 bits per heavy atom. The number of nitrogens with one attached hydrogen (secondary N) is 2. The molecule has 162 valence electrons. The van der Waals surface area contributed by atoms with Crippen molar-refractivity contribution in [3.05, 3.63) is 54.5 Å². The van der Waals surface area contributed by atoms with Gasteiger partial charge in [0.1, 0.15) is 6.33 Å². The maximum atomic E-state index is 12.8. The zero-order valence-electron chi connectivity index (χ0n) is 15.5. The third-order valence-corrected chi connectivity index (χ3v) is 5.59. The Labute approximate surface area is 173 Å². The fourth-order valence-corrected chi connectivity index (χ4v) is 3.29. The number of anilines is 3. The standard InChI is InChI=1S/C17H14F3N7O3S/c18-17(19,20)31(29,30)27-6-5-14(26-27)25-16(28)15-13(23-11-7-21-9-22-8-11)4-3-12(24-15)10-1-2-10/h3-10,23H,1-2H2,(H,25,26,28). The number of nitrogens with zero attached hydrogens (tertiary/aromatic N) is 5. The molecular formula is C17H14F3N7O3S. The summed E-state index contributed by atoms with van der Waals surface area (Å²) < 4.78 is 60.6. The minimum Gasteiger partial charge on any atom is -0.351 e. The number of rotatable bonds is 6. The molecule has 0 aliphatic heterocycles. The highest BCUT2D eigenvalue weighted by Crippen LogP contribution is 2.39. The molecule has 0 atom stereocenters. The van der Waals surface area contributed by atoms with Crippen LogP contribution in [0.5, 0.6) is 0 Å². The summed E-state index contributed by atoms with van der Waals surface area (Å²) in [4.78, 5) is 24.9. The van der Waals surface area contributed by atoms with Gasteiger partial charge in [0.05, 0.1) is 23.8 Å². The van der Waals surface area contributed by atoms with Gasteiger partial charge in [-0.25, -0.2) is 15.0 Å². The highest BCUT2D eigenvalue weighted by atomic mass is 32.2. The zero-order chi connectivity index (χ0) is 22.2. The molecule has 1 amide bonds. The Bertz CT molecular complexity index is 1230. The number of alkyl halides is 3. The smallest absolute Gasteiger partial charge is 0.351 e. The van der Waals surface area contributed by atoms with E-state index in [1.165, 1.54) is 18.7 Å². The minimum absolute atomic E-state index is 0.0403. The Morgan fingerprint density at radius 1 is 1.13 bits per heavy atom. The number of aromatic nitrogens is 5. The van der Waals surface area contributed by atoms with Crippen molar-refractivity contribution in [3.8, 4) is 0 Å². The molecular weight excluding hydrogens is 439 g/mol. The zero-order valence-corrected chi connectivity index (χ0v) is 16.4. The molecule has 0 radical (unpaired) electrons. The van der Waals surface area contributed by atoms with E-state index in [9.17, 15) is 26.4 Å². The van der Waals surface area contributed by atoms with Gasteiger partial charge in [0.15, 0.2) is 11.5 Å². The molecule has 0 bridgehead atoms. The van der Waals surface area contributed by atoms with Crippen LogP contribution in [0.4, 0.5) is 30.4 Å². The topological polar surface area (TPSA) is 132 Å². The van der Waals surface area contributed by atoms with Crippen LogP contribution in [-0.2, 0) is 10.0 Å². The Hall–Kier alpha value is -3.55. The van der Waals surface area contributed by atoms with Gasteiger partial charge in [0.2, 0.25) is 0 Å². The lowest BCUT2D eigenvalue weighted by Gasteiger charge is -2.12. The molecule has 1 fully saturated rings. The van der Waals surface area contributed by atoms with Crippen LogP contribution in [0, 0.1) is 0 Å². The summed E-state index contributed by atoms with van der Waals surface area (Å²) in [5.74, 6) is -0.932. The second kappa shape index (κ2) is 7.61. The van der Waals surface area contributed by atoms with Gasteiger partial charge in [-0.2, -0.15) is 25.7 Å². The first-order valence-electron chi connectivity index (χ1n) is 8.87. The number of hydrogen-bond acceptors (Lipinski definition) is 8. The largest absolute Gasteiger partial charge is 0.518 e. The normalized spacial score (nSPS) is 14.3. The van der Waals surface area contributed by atoms with Crippen LogP contribution in [0.2, 0.25) is 0 Å². The van der Waals surface area contributed by atoms with Crippen LogP contribution in [0.25, 0.3) is 0 Å². The highest BCUT2D eigenvalue weighted by Gasteiger charge is 2.48. The van der Waals surface area contributed by atoms with Crippen molar-refractivity contribution in [2.45, 2.75) is 24.3 Å². The van der Waals surface area contributed by atoms with Gasteiger partial charge < -0.3 is 10.6 Å². The van der Waals surface area contributed by atoms with Crippen LogP contribution in [0.1, 0.15) is 34.9 Å². The van der Waals surface area contributed by atoms with Crippen molar-refractivity contribution < 1.29 is 26.4 Å². The van der Waals surface area contributed by atoms with E-state index in [1.807, 2.05) is 0 Å². The second-order valence-electron chi connectivity index (χ2n) is 6.64. The third-order valence-electron chi connectivity index (χ3n) is 4.31. The van der Waals surface area contributed by atoms with Crippen molar-refractivity contribution in [2.75, 3.05) is 10.6 Å². The summed E-state index contributed by atoms with van der Waals surface area (Å²) in [6, 6.07) is 4.35. The summed E-state index contributed by atoms with van der Waals surface area (Å²) in [5.41, 5.74) is -4.08. The van der Waals surface area contributed by atoms with Gasteiger partial charge in [-0.1, -0.05) is 0 Å². The fourth-order valence-electron chi connectivity index (χ4n) is 2.66. The minimum atomic E-state index is -5.70. The Morgan fingerprint density at radius 2 is 1.84 bits per heavy atom. The summed E-state index contributed by atoms with van der Waals surface area (Å²) >= 11 is 0. The van der Waals surface area contributed by atoms with Crippen molar-refractivity contribution in [3.63, 3.8) is 0 Å². The molecule has 1 aliphatic rings. The van der Waals surface area contributed by atoms with Crippen molar-refractivity contribution >= 4 is 33.1 Å². The number of amides is 1. The predicted molar refractivity (Wildman–Crippen MR) is 102 cm³/mol. The molecule has 31 heavy (non-hydrogen) atoms. The quantitative estimate of drug-likeness (QED) is 0.582. The molecule has 4 rings (SSSR count). The van der Waals surface area contributed by atoms with E-state index in [0.717, 1.165) is 18.9 Å². The molecule has 3 aromatic rings. The maximum Gasteiger partial charge on any atom is 0.518 e. The number of carbonyl (C=O) groups excluding carboxylic acids is 1. The molecule has 0 saturated heterocycles. The average Bonchev–Trinajstić information content (AvgIpc) is 3.46. The monoisotopic (exact) mass is 453 g/mol. The number of pyridine rings is 1. The van der Waals surface area contributed by atoms with Crippen LogP contribution < -0.4 is 10.6 Å². The van der Waals surface area contributed by atoms with Crippen LogP contribution in [0.15, 0.2) is 43.1 Å². The van der Waals surface area contributed by atoms with E-state index in [0.29, 0.717) is 23.3 Å². The van der Waals surface area contributed by atoms with E-state index in [2.05, 4.69) is 30.7 Å². The maximum absolute atomic E-state index is 12.8. The molecule has 1 saturated carbocycles. The van der Waals surface area contributed by atoms with E-state index < -0.39 is 21.4 Å². The first-order valence-corrected chi connectivity index (χ1v) is 10.3. The summed E-state index contributed by atoms with van der Waals surface area (Å²) in [6.07, 6.45) is 6.76. The van der Waals surface area contributed by atoms with Gasteiger partial charge in [0.25, 0.3) is 5.91 Å². The van der Waals surface area contributed by atoms with E-state index >= 15 is 0 Å². The van der Waals surface area contributed by atoms with Gasteiger partial charge in [-0.3, -0.25) is 4.79 Å². The van der Waals surface area contributed by atoms with Gasteiger partial charge in [-0.05, 0) is 25.0 Å². The van der Waals surface area contributed by atoms with E-state index in [-0.39, 0.29) is 21.5 Å². The molecule has 3 heterocycles. The van der Waals surface area contributed by atoms with E-state index in [1.54, 1.807) is 12.1 Å². The number of halogens is 3. The molecule has 0 aromatic carbocycles. The van der Waals surface area contributed by atoms with E-state index in [4.69, 9.17) is 0 Å². The van der Waals surface area contributed by atoms with Crippen molar-refractivity contribution in [1.29, 1.82) is 0 Å². The first kappa shape index (κ1) is 20.7. The Kier molecular flexibility index (Phi) is 5.08. The predicted octanol–water partition coefficient (Wildman–Crippen LogP) is 2.64. The molecule has 0 spiro atoms. The fraction of sp³-hybridized carbons (Fsp3) is 0.235. The van der Waals surface area contributed by atoms with Crippen molar-refractivity contribution in [2.24, 2.45) is 0 Å². The van der Waals surface area contributed by atoms with Crippen molar-refractivity contribution in [1.82, 2.24) is 24.1 Å². The van der Waals surface area contributed by atoms with Crippen LogP contribution in [0.3, 0.4) is 0 Å². The lowest BCUT2D eigenvalue weighted by atomic mass is 10.2. The lowest BCUT2D eigenvalue weighted by molar-refractivity contribution is -0.0449. The Balaban J connectivity index is 1.61. The lowest BCUT2D eigenvalue weighted by Crippen LogP contribution is -2.30. The van der Waals surface area contributed by atoms with Gasteiger partial charge >= 0.3 is 15.5 Å². The molecule has 3 aromatic heterocycles. The third kappa shape index (κ3) is 4.33. The molecule has 14 heteroatoms. The van der Waals surface area contributed by atoms with Gasteiger partial charge in [-0.15, -0.1) is 5.10 Å². The SMILES string of the molecule is O=C(Nc1ccn(S(=O)(=O)C(F)(F)F)n1)c1nc(C2CC2)ccc1Nc1cncnc1. The molecule has 1 aliphatic carbocycles.